The van der Waals surface area contributed by atoms with Crippen LogP contribution in [0.2, 0.25) is 0 Å². The van der Waals surface area contributed by atoms with E-state index in [1.165, 1.54) is 0 Å². The molecule has 0 aliphatic heterocycles. The highest BCUT2D eigenvalue weighted by Crippen LogP contribution is 2.35. The van der Waals surface area contributed by atoms with Crippen molar-refractivity contribution in [2.75, 3.05) is 5.33 Å². The molecule has 1 aliphatic rings. The SMILES string of the molecule is Cc1noc(C)c1S(=O)(=O)NC1(CBr)CCC(C)CC1. The Labute approximate surface area is 128 Å². The third-order valence-corrected chi connectivity index (χ3v) is 6.97. The third kappa shape index (κ3) is 3.09. The average molecular weight is 365 g/mol. The van der Waals surface area contributed by atoms with E-state index in [1.807, 2.05) is 0 Å². The number of alkyl halides is 1. The van der Waals surface area contributed by atoms with Gasteiger partial charge in [0.1, 0.15) is 10.6 Å². The molecular formula is C13H21BrN2O3S. The molecule has 0 aromatic carbocycles. The second-order valence-corrected chi connectivity index (χ2v) is 8.04. The molecule has 20 heavy (non-hydrogen) atoms. The topological polar surface area (TPSA) is 72.2 Å². The molecule has 1 aromatic rings. The van der Waals surface area contributed by atoms with Crippen LogP contribution >= 0.6 is 15.9 Å². The van der Waals surface area contributed by atoms with Gasteiger partial charge in [0, 0.05) is 10.9 Å². The summed E-state index contributed by atoms with van der Waals surface area (Å²) in [5, 5.41) is 4.35. The lowest BCUT2D eigenvalue weighted by atomic mass is 9.79. The minimum absolute atomic E-state index is 0.177. The van der Waals surface area contributed by atoms with E-state index in [0.29, 0.717) is 22.7 Å². The highest BCUT2D eigenvalue weighted by atomic mass is 79.9. The van der Waals surface area contributed by atoms with Gasteiger partial charge in [-0.2, -0.15) is 0 Å². The molecule has 1 aromatic heterocycles. The Morgan fingerprint density at radius 3 is 2.45 bits per heavy atom. The van der Waals surface area contributed by atoms with E-state index >= 15 is 0 Å². The molecule has 114 valence electrons. The van der Waals surface area contributed by atoms with Crippen molar-refractivity contribution in [3.05, 3.63) is 11.5 Å². The predicted molar refractivity (Wildman–Crippen MR) is 80.5 cm³/mol. The van der Waals surface area contributed by atoms with Crippen molar-refractivity contribution in [1.29, 1.82) is 0 Å². The van der Waals surface area contributed by atoms with E-state index < -0.39 is 15.6 Å². The van der Waals surface area contributed by atoms with Crippen LogP contribution in [0.3, 0.4) is 0 Å². The smallest absolute Gasteiger partial charge is 0.246 e. The highest BCUT2D eigenvalue weighted by molar-refractivity contribution is 9.09. The van der Waals surface area contributed by atoms with E-state index in [-0.39, 0.29) is 4.90 Å². The number of aryl methyl sites for hydroxylation is 2. The van der Waals surface area contributed by atoms with Gasteiger partial charge < -0.3 is 4.52 Å². The van der Waals surface area contributed by atoms with Gasteiger partial charge in [0.05, 0.1) is 0 Å². The summed E-state index contributed by atoms with van der Waals surface area (Å²) in [5.74, 6) is 0.995. The van der Waals surface area contributed by atoms with Gasteiger partial charge in [-0.25, -0.2) is 13.1 Å². The molecule has 0 bridgehead atoms. The molecule has 1 aliphatic carbocycles. The lowest BCUT2D eigenvalue weighted by molar-refractivity contribution is 0.249. The monoisotopic (exact) mass is 364 g/mol. The number of hydrogen-bond donors (Lipinski definition) is 1. The Hall–Kier alpha value is -0.400. The van der Waals surface area contributed by atoms with Crippen LogP contribution in [0.15, 0.2) is 9.42 Å². The molecule has 2 rings (SSSR count). The number of nitrogens with one attached hydrogen (secondary N) is 1. The van der Waals surface area contributed by atoms with Crippen molar-refractivity contribution in [3.63, 3.8) is 0 Å². The zero-order valence-corrected chi connectivity index (χ0v) is 14.5. The van der Waals surface area contributed by atoms with Crippen LogP contribution < -0.4 is 4.72 Å². The van der Waals surface area contributed by atoms with Crippen LogP contribution in [0.5, 0.6) is 0 Å². The third-order valence-electron chi connectivity index (χ3n) is 4.07. The molecule has 0 saturated heterocycles. The second kappa shape index (κ2) is 5.77. The number of aromatic nitrogens is 1. The molecule has 0 spiro atoms. The summed E-state index contributed by atoms with van der Waals surface area (Å²) in [4.78, 5) is 0.177. The summed E-state index contributed by atoms with van der Waals surface area (Å²) in [6, 6.07) is 0. The maximum atomic E-state index is 12.6. The van der Waals surface area contributed by atoms with Crippen LogP contribution in [0, 0.1) is 19.8 Å². The normalized spacial score (nSPS) is 27.7. The van der Waals surface area contributed by atoms with Crippen molar-refractivity contribution >= 4 is 26.0 Å². The first-order valence-corrected chi connectivity index (χ1v) is 9.43. The Balaban J connectivity index is 2.27. The van der Waals surface area contributed by atoms with Gasteiger partial charge in [0.2, 0.25) is 10.0 Å². The lowest BCUT2D eigenvalue weighted by Gasteiger charge is -2.38. The van der Waals surface area contributed by atoms with Crippen LogP contribution in [-0.4, -0.2) is 24.4 Å². The second-order valence-electron chi connectivity index (χ2n) is 5.86. The van der Waals surface area contributed by atoms with Crippen LogP contribution in [0.4, 0.5) is 0 Å². The summed E-state index contributed by atoms with van der Waals surface area (Å²) in [7, 11) is -3.60. The summed E-state index contributed by atoms with van der Waals surface area (Å²) in [5.41, 5.74) is 0.00509. The minimum Gasteiger partial charge on any atom is -0.360 e. The fourth-order valence-corrected chi connectivity index (χ4v) is 5.45. The van der Waals surface area contributed by atoms with E-state index in [0.717, 1.165) is 25.7 Å². The van der Waals surface area contributed by atoms with E-state index in [1.54, 1.807) is 13.8 Å². The molecule has 0 amide bonds. The predicted octanol–water partition coefficient (Wildman–Crippen LogP) is 2.91. The van der Waals surface area contributed by atoms with Crippen LogP contribution in [0.1, 0.15) is 44.1 Å². The fraction of sp³-hybridized carbons (Fsp3) is 0.769. The average Bonchev–Trinajstić information content (AvgIpc) is 2.72. The molecular weight excluding hydrogens is 344 g/mol. The Morgan fingerprint density at radius 1 is 1.40 bits per heavy atom. The Morgan fingerprint density at radius 2 is 2.00 bits per heavy atom. The molecule has 1 heterocycles. The lowest BCUT2D eigenvalue weighted by Crippen LogP contribution is -2.52. The van der Waals surface area contributed by atoms with E-state index in [4.69, 9.17) is 4.52 Å². The van der Waals surface area contributed by atoms with E-state index in [2.05, 4.69) is 32.7 Å². The Bertz CT molecular complexity index is 555. The summed E-state index contributed by atoms with van der Waals surface area (Å²) in [6.07, 6.45) is 3.77. The van der Waals surface area contributed by atoms with Crippen LogP contribution in [0.25, 0.3) is 0 Å². The first kappa shape index (κ1) is 16.0. The number of halogens is 1. The van der Waals surface area contributed by atoms with Crippen molar-refractivity contribution in [1.82, 2.24) is 9.88 Å². The van der Waals surface area contributed by atoms with Gasteiger partial charge in [0.15, 0.2) is 5.76 Å². The van der Waals surface area contributed by atoms with Crippen molar-refractivity contribution in [2.24, 2.45) is 5.92 Å². The molecule has 1 saturated carbocycles. The Kier molecular flexibility index (Phi) is 4.61. The zero-order chi connectivity index (χ0) is 15.0. The zero-order valence-electron chi connectivity index (χ0n) is 12.1. The van der Waals surface area contributed by atoms with E-state index in [9.17, 15) is 8.42 Å². The molecule has 1 fully saturated rings. The van der Waals surface area contributed by atoms with Gasteiger partial charge in [-0.3, -0.25) is 0 Å². The molecule has 5 nitrogen and oxygen atoms in total. The van der Waals surface area contributed by atoms with Crippen LogP contribution in [-0.2, 0) is 10.0 Å². The summed E-state index contributed by atoms with van der Waals surface area (Å²) in [6.45, 7) is 5.48. The number of hydrogen-bond acceptors (Lipinski definition) is 4. The molecule has 0 atom stereocenters. The minimum atomic E-state index is -3.60. The largest absolute Gasteiger partial charge is 0.360 e. The van der Waals surface area contributed by atoms with Gasteiger partial charge in [0.25, 0.3) is 0 Å². The van der Waals surface area contributed by atoms with Gasteiger partial charge >= 0.3 is 0 Å². The maximum Gasteiger partial charge on any atom is 0.246 e. The van der Waals surface area contributed by atoms with Crippen molar-refractivity contribution < 1.29 is 12.9 Å². The van der Waals surface area contributed by atoms with Gasteiger partial charge in [-0.05, 0) is 45.4 Å². The summed E-state index contributed by atoms with van der Waals surface area (Å²) >= 11 is 3.48. The number of sulfonamides is 1. The van der Waals surface area contributed by atoms with Gasteiger partial charge in [-0.15, -0.1) is 0 Å². The molecule has 7 heteroatoms. The van der Waals surface area contributed by atoms with Gasteiger partial charge in [-0.1, -0.05) is 28.0 Å². The standard InChI is InChI=1S/C13H21BrN2O3S/c1-9-4-6-13(8-14,7-5-9)16-20(17,18)12-10(2)15-19-11(12)3/h9,16H,4-8H2,1-3H3. The number of nitrogens with zero attached hydrogens (tertiary/aromatic N) is 1. The fourth-order valence-electron chi connectivity index (χ4n) is 2.77. The first-order chi connectivity index (χ1) is 9.30. The maximum absolute atomic E-state index is 12.6. The quantitative estimate of drug-likeness (QED) is 0.833. The molecule has 0 radical (unpaired) electrons. The number of rotatable bonds is 4. The van der Waals surface area contributed by atoms with Crippen molar-refractivity contribution in [2.45, 2.75) is 56.9 Å². The summed E-state index contributed by atoms with van der Waals surface area (Å²) < 4.78 is 33.1. The first-order valence-electron chi connectivity index (χ1n) is 6.82. The molecule has 0 unspecified atom stereocenters. The molecule has 1 N–H and O–H groups in total. The van der Waals surface area contributed by atoms with Crippen molar-refractivity contribution in [3.8, 4) is 0 Å². The highest BCUT2D eigenvalue weighted by Gasteiger charge is 2.38.